The van der Waals surface area contributed by atoms with Crippen molar-refractivity contribution in [3.05, 3.63) is 53.6 Å². The summed E-state index contributed by atoms with van der Waals surface area (Å²) in [5.41, 5.74) is 2.22. The molecule has 0 aromatic heterocycles. The minimum atomic E-state index is 0.471. The zero-order valence-electron chi connectivity index (χ0n) is 15.7. The van der Waals surface area contributed by atoms with Crippen LogP contribution in [0.3, 0.4) is 0 Å². The lowest BCUT2D eigenvalue weighted by Crippen LogP contribution is -2.27. The Morgan fingerprint density at radius 3 is 2.00 bits per heavy atom. The van der Waals surface area contributed by atoms with E-state index in [1.54, 1.807) is 14.2 Å². The molecule has 2 rings (SSSR count). The van der Waals surface area contributed by atoms with E-state index in [0.717, 1.165) is 30.5 Å². The monoisotopic (exact) mass is 343 g/mol. The molecule has 2 aromatic carbocycles. The van der Waals surface area contributed by atoms with Crippen molar-refractivity contribution in [3.63, 3.8) is 0 Å². The largest absolute Gasteiger partial charge is 0.493 e. The van der Waals surface area contributed by atoms with Gasteiger partial charge in [0, 0.05) is 12.6 Å². The fourth-order valence-corrected chi connectivity index (χ4v) is 2.75. The van der Waals surface area contributed by atoms with Gasteiger partial charge in [-0.2, -0.15) is 0 Å². The van der Waals surface area contributed by atoms with Crippen molar-refractivity contribution < 1.29 is 14.2 Å². The van der Waals surface area contributed by atoms with Crippen LogP contribution in [0.4, 0.5) is 0 Å². The molecule has 0 spiro atoms. The van der Waals surface area contributed by atoms with Gasteiger partial charge in [-0.15, -0.1) is 0 Å². The van der Waals surface area contributed by atoms with E-state index in [4.69, 9.17) is 14.2 Å². The zero-order valence-corrected chi connectivity index (χ0v) is 15.7. The van der Waals surface area contributed by atoms with E-state index in [1.807, 2.05) is 42.5 Å². The maximum atomic E-state index is 5.99. The van der Waals surface area contributed by atoms with Crippen LogP contribution in [0.5, 0.6) is 17.2 Å². The Morgan fingerprint density at radius 1 is 0.880 bits per heavy atom. The van der Waals surface area contributed by atoms with Gasteiger partial charge in [0.25, 0.3) is 0 Å². The highest BCUT2D eigenvalue weighted by molar-refractivity contribution is 5.54. The van der Waals surface area contributed by atoms with E-state index < -0.39 is 0 Å². The Balaban J connectivity index is 2.15. The summed E-state index contributed by atoms with van der Waals surface area (Å²) in [6, 6.07) is 14.6. The molecule has 0 aliphatic rings. The highest BCUT2D eigenvalue weighted by Crippen LogP contribution is 2.39. The van der Waals surface area contributed by atoms with Crippen LogP contribution in [0.1, 0.15) is 37.8 Å². The SMILES string of the molecule is CCC(CC)NCc1cc(OC)c(OCc2ccccc2)c(OC)c1. The molecule has 0 fully saturated rings. The van der Waals surface area contributed by atoms with E-state index in [0.29, 0.717) is 29.9 Å². The van der Waals surface area contributed by atoms with Crippen molar-refractivity contribution in [1.29, 1.82) is 0 Å². The highest BCUT2D eigenvalue weighted by Gasteiger charge is 2.15. The standard InChI is InChI=1S/C21H29NO3/c1-5-18(6-2)22-14-17-12-19(23-3)21(20(13-17)24-4)25-15-16-10-8-7-9-11-16/h7-13,18,22H,5-6,14-15H2,1-4H3. The Bertz CT molecular complexity index is 614. The summed E-state index contributed by atoms with van der Waals surface area (Å²) in [7, 11) is 3.31. The van der Waals surface area contributed by atoms with Gasteiger partial charge in [-0.1, -0.05) is 44.2 Å². The van der Waals surface area contributed by atoms with Gasteiger partial charge < -0.3 is 19.5 Å². The van der Waals surface area contributed by atoms with E-state index in [-0.39, 0.29) is 0 Å². The molecule has 4 nitrogen and oxygen atoms in total. The lowest BCUT2D eigenvalue weighted by atomic mass is 10.1. The van der Waals surface area contributed by atoms with Gasteiger partial charge >= 0.3 is 0 Å². The molecular formula is C21H29NO3. The molecule has 0 bridgehead atoms. The summed E-state index contributed by atoms with van der Waals surface area (Å²) in [6.45, 7) is 5.64. The lowest BCUT2D eigenvalue weighted by molar-refractivity contribution is 0.265. The second-order valence-electron chi connectivity index (χ2n) is 6.00. The Kier molecular flexibility index (Phi) is 7.61. The van der Waals surface area contributed by atoms with Crippen molar-refractivity contribution in [2.24, 2.45) is 0 Å². The van der Waals surface area contributed by atoms with Crippen molar-refractivity contribution in [1.82, 2.24) is 5.32 Å². The fourth-order valence-electron chi connectivity index (χ4n) is 2.75. The molecule has 0 saturated carbocycles. The Labute approximate surface area is 151 Å². The second kappa shape index (κ2) is 9.94. The van der Waals surface area contributed by atoms with Gasteiger partial charge in [-0.3, -0.25) is 0 Å². The fraction of sp³-hybridized carbons (Fsp3) is 0.429. The first kappa shape index (κ1) is 19.1. The van der Waals surface area contributed by atoms with Gasteiger partial charge in [-0.25, -0.2) is 0 Å². The predicted molar refractivity (Wildman–Crippen MR) is 102 cm³/mol. The molecule has 4 heteroatoms. The average molecular weight is 343 g/mol. The second-order valence-corrected chi connectivity index (χ2v) is 6.00. The van der Waals surface area contributed by atoms with E-state index in [1.165, 1.54) is 0 Å². The minimum absolute atomic E-state index is 0.471. The lowest BCUT2D eigenvalue weighted by Gasteiger charge is -2.18. The number of benzene rings is 2. The molecule has 0 atom stereocenters. The maximum absolute atomic E-state index is 5.99. The van der Waals surface area contributed by atoms with Gasteiger partial charge in [0.05, 0.1) is 14.2 Å². The van der Waals surface area contributed by atoms with E-state index in [9.17, 15) is 0 Å². The summed E-state index contributed by atoms with van der Waals surface area (Å²) in [4.78, 5) is 0. The highest BCUT2D eigenvalue weighted by atomic mass is 16.5. The molecule has 0 aliphatic carbocycles. The first-order valence-electron chi connectivity index (χ1n) is 8.86. The van der Waals surface area contributed by atoms with Gasteiger partial charge in [0.1, 0.15) is 6.61 Å². The molecule has 0 unspecified atom stereocenters. The molecule has 1 N–H and O–H groups in total. The maximum Gasteiger partial charge on any atom is 0.203 e. The van der Waals surface area contributed by atoms with Crippen LogP contribution in [0.15, 0.2) is 42.5 Å². The number of hydrogen-bond acceptors (Lipinski definition) is 4. The molecule has 0 heterocycles. The average Bonchev–Trinajstić information content (AvgIpc) is 2.67. The summed E-state index contributed by atoms with van der Waals surface area (Å²) >= 11 is 0. The normalized spacial score (nSPS) is 10.8. The van der Waals surface area contributed by atoms with Crippen molar-refractivity contribution in [2.45, 2.75) is 45.9 Å². The third kappa shape index (κ3) is 5.40. The van der Waals surface area contributed by atoms with E-state index in [2.05, 4.69) is 19.2 Å². The van der Waals surface area contributed by atoms with Crippen molar-refractivity contribution in [2.75, 3.05) is 14.2 Å². The molecule has 0 radical (unpaired) electrons. The summed E-state index contributed by atoms with van der Waals surface area (Å²) in [5, 5.41) is 3.56. The van der Waals surface area contributed by atoms with Crippen LogP contribution in [0.2, 0.25) is 0 Å². The Hall–Kier alpha value is -2.20. The van der Waals surface area contributed by atoms with Crippen LogP contribution in [0, 0.1) is 0 Å². The summed E-state index contributed by atoms with van der Waals surface area (Å²) in [5.74, 6) is 2.02. The summed E-state index contributed by atoms with van der Waals surface area (Å²) < 4.78 is 17.1. The van der Waals surface area contributed by atoms with E-state index >= 15 is 0 Å². The first-order valence-corrected chi connectivity index (χ1v) is 8.86. The number of rotatable bonds is 10. The smallest absolute Gasteiger partial charge is 0.203 e. The molecule has 0 aliphatic heterocycles. The zero-order chi connectivity index (χ0) is 18.1. The van der Waals surface area contributed by atoms with Crippen LogP contribution in [-0.4, -0.2) is 20.3 Å². The number of ether oxygens (including phenoxy) is 3. The quantitative estimate of drug-likeness (QED) is 0.686. The predicted octanol–water partition coefficient (Wildman–Crippen LogP) is 4.56. The number of nitrogens with one attached hydrogen (secondary N) is 1. The Morgan fingerprint density at radius 2 is 1.48 bits per heavy atom. The molecule has 0 saturated heterocycles. The third-order valence-corrected chi connectivity index (χ3v) is 4.33. The van der Waals surface area contributed by atoms with Crippen LogP contribution >= 0.6 is 0 Å². The number of hydrogen-bond donors (Lipinski definition) is 1. The van der Waals surface area contributed by atoms with Gasteiger partial charge in [0.15, 0.2) is 11.5 Å². The van der Waals surface area contributed by atoms with Crippen LogP contribution in [0.25, 0.3) is 0 Å². The van der Waals surface area contributed by atoms with Gasteiger partial charge in [0.2, 0.25) is 5.75 Å². The molecule has 25 heavy (non-hydrogen) atoms. The molecule has 136 valence electrons. The minimum Gasteiger partial charge on any atom is -0.493 e. The first-order chi connectivity index (χ1) is 12.2. The number of methoxy groups -OCH3 is 2. The molecule has 0 amide bonds. The van der Waals surface area contributed by atoms with Crippen LogP contribution in [-0.2, 0) is 13.2 Å². The third-order valence-electron chi connectivity index (χ3n) is 4.33. The van der Waals surface area contributed by atoms with Gasteiger partial charge in [-0.05, 0) is 36.1 Å². The van der Waals surface area contributed by atoms with Crippen molar-refractivity contribution >= 4 is 0 Å². The molecule has 2 aromatic rings. The van der Waals surface area contributed by atoms with Crippen molar-refractivity contribution in [3.8, 4) is 17.2 Å². The summed E-state index contributed by atoms with van der Waals surface area (Å²) in [6.07, 6.45) is 2.23. The molecular weight excluding hydrogens is 314 g/mol. The van der Waals surface area contributed by atoms with Crippen LogP contribution < -0.4 is 19.5 Å². The topological polar surface area (TPSA) is 39.7 Å².